The van der Waals surface area contributed by atoms with Gasteiger partial charge < -0.3 is 79.1 Å². The predicted octanol–water partition coefficient (Wildman–Crippen LogP) is -8.58. The fraction of sp³-hybridized carbons (Fsp3) is 0.656. The Morgan fingerprint density at radius 1 is 0.672 bits per heavy atom. The Bertz CT molecular complexity index is 1540. The second kappa shape index (κ2) is 24.6. The topological polar surface area (TPSA) is 428 Å². The molecule has 0 aliphatic carbocycles. The molecular formula is C32H52N10O16. The molecule has 326 valence electrons. The van der Waals surface area contributed by atoms with Crippen LogP contribution in [-0.2, 0) is 52.7 Å². The summed E-state index contributed by atoms with van der Waals surface area (Å²) in [5, 5.41) is 62.0. The van der Waals surface area contributed by atoms with Crippen LogP contribution in [0.1, 0.15) is 46.0 Å². The first kappa shape index (κ1) is 50.0. The molecule has 58 heavy (non-hydrogen) atoms. The highest BCUT2D eigenvalue weighted by Crippen LogP contribution is 2.19. The van der Waals surface area contributed by atoms with Gasteiger partial charge in [0.25, 0.3) is 0 Å². The fourth-order valence-corrected chi connectivity index (χ4v) is 5.32. The summed E-state index contributed by atoms with van der Waals surface area (Å²) in [6.07, 6.45) is -1.65. The molecule has 0 aromatic rings. The molecular weight excluding hydrogens is 780 g/mol. The SMILES string of the molecule is CC(C)[C@H](NC(=O)[C@H](CC(=O)O)NC(=O)[C@@H]1CCCN1C(=O)[C@H](CO)NC(=O)[C@H](CCC(N)=O)NC(=O)CNC(=O)[C@H](CO)NC(=O)[C@@H](N)CO)C(=O)NCC(=O)O. The van der Waals surface area contributed by atoms with Crippen molar-refractivity contribution in [3.05, 3.63) is 0 Å². The highest BCUT2D eigenvalue weighted by Gasteiger charge is 2.40. The molecule has 26 nitrogen and oxygen atoms in total. The molecule has 0 aromatic carbocycles. The van der Waals surface area contributed by atoms with E-state index in [0.717, 1.165) is 4.90 Å². The molecule has 1 heterocycles. The maximum atomic E-state index is 13.6. The summed E-state index contributed by atoms with van der Waals surface area (Å²) in [5.41, 5.74) is 10.5. The molecule has 0 bridgehead atoms. The zero-order valence-electron chi connectivity index (χ0n) is 31.7. The molecule has 0 saturated carbocycles. The maximum Gasteiger partial charge on any atom is 0.322 e. The van der Waals surface area contributed by atoms with E-state index in [9.17, 15) is 68.1 Å². The first-order chi connectivity index (χ1) is 27.2. The van der Waals surface area contributed by atoms with Crippen LogP contribution in [0.5, 0.6) is 0 Å². The second-order valence-electron chi connectivity index (χ2n) is 13.3. The van der Waals surface area contributed by atoms with E-state index >= 15 is 0 Å². The van der Waals surface area contributed by atoms with E-state index < -0.39 is 165 Å². The van der Waals surface area contributed by atoms with Crippen molar-refractivity contribution in [3.63, 3.8) is 0 Å². The summed E-state index contributed by atoms with van der Waals surface area (Å²) in [4.78, 5) is 138. The normalized spacial score (nSPS) is 16.6. The third-order valence-corrected chi connectivity index (χ3v) is 8.41. The summed E-state index contributed by atoms with van der Waals surface area (Å²) in [7, 11) is 0. The molecule has 7 atom stereocenters. The Balaban J connectivity index is 3.08. The minimum Gasteiger partial charge on any atom is -0.481 e. The first-order valence-electron chi connectivity index (χ1n) is 17.8. The van der Waals surface area contributed by atoms with Crippen molar-refractivity contribution in [1.29, 1.82) is 0 Å². The van der Waals surface area contributed by atoms with E-state index in [4.69, 9.17) is 21.7 Å². The number of amides is 9. The Morgan fingerprint density at radius 3 is 1.79 bits per heavy atom. The molecule has 1 rings (SSSR count). The summed E-state index contributed by atoms with van der Waals surface area (Å²) in [6.45, 7) is -1.40. The first-order valence-corrected chi connectivity index (χ1v) is 17.8. The van der Waals surface area contributed by atoms with Crippen LogP contribution in [0, 0.1) is 5.92 Å². The van der Waals surface area contributed by atoms with Gasteiger partial charge in [0.2, 0.25) is 53.2 Å². The van der Waals surface area contributed by atoms with E-state index in [1.807, 2.05) is 0 Å². The number of carboxylic acid groups (broad SMARTS) is 2. The van der Waals surface area contributed by atoms with Crippen molar-refractivity contribution in [3.8, 4) is 0 Å². The van der Waals surface area contributed by atoms with E-state index in [2.05, 4.69) is 37.2 Å². The largest absolute Gasteiger partial charge is 0.481 e. The van der Waals surface area contributed by atoms with E-state index in [1.165, 1.54) is 13.8 Å². The Morgan fingerprint density at radius 2 is 1.26 bits per heavy atom. The van der Waals surface area contributed by atoms with Gasteiger partial charge in [0, 0.05) is 13.0 Å². The number of primary amides is 1. The van der Waals surface area contributed by atoms with Crippen molar-refractivity contribution in [2.75, 3.05) is 39.5 Å². The molecule has 0 unspecified atom stereocenters. The quantitative estimate of drug-likeness (QED) is 0.0406. The average molecular weight is 833 g/mol. The van der Waals surface area contributed by atoms with Crippen LogP contribution in [0.25, 0.3) is 0 Å². The summed E-state index contributed by atoms with van der Waals surface area (Å²) in [5.74, 6) is -12.6. The van der Waals surface area contributed by atoms with Crippen LogP contribution in [0.2, 0.25) is 0 Å². The van der Waals surface area contributed by atoms with E-state index in [1.54, 1.807) is 0 Å². The number of nitrogens with zero attached hydrogens (tertiary/aromatic N) is 1. The standard InChI is InChI=1S/C32H52N10O16/c1-14(2)25(31(57)36-10-24(50)51)41-29(55)17(8-23(48)49)38-30(56)20-4-3-7-42(20)32(58)19(13-45)40-28(54)16(5-6-21(34)46)37-22(47)9-35-27(53)18(12-44)39-26(52)15(33)11-43/h14-20,25,43-45H,3-13,33H2,1-2H3,(H2,34,46)(H,35,53)(H,36,57)(H,37,47)(H,38,56)(H,39,52)(H,40,54)(H,41,55)(H,48,49)(H,50,51)/t15-,16-,17-,18-,19-,20-,25-/m0/s1. The number of rotatable bonds is 25. The van der Waals surface area contributed by atoms with Crippen LogP contribution in [-0.4, -0.2) is 177 Å². The van der Waals surface area contributed by atoms with Crippen LogP contribution in [0.3, 0.4) is 0 Å². The van der Waals surface area contributed by atoms with E-state index in [0.29, 0.717) is 0 Å². The zero-order chi connectivity index (χ0) is 44.3. The summed E-state index contributed by atoms with van der Waals surface area (Å²) >= 11 is 0. The van der Waals surface area contributed by atoms with Gasteiger partial charge in [-0.25, -0.2) is 0 Å². The van der Waals surface area contributed by atoms with Gasteiger partial charge in [-0.15, -0.1) is 0 Å². The number of aliphatic hydroxyl groups excluding tert-OH is 3. The third kappa shape index (κ3) is 16.6. The summed E-state index contributed by atoms with van der Waals surface area (Å²) in [6, 6.07) is -10.8. The minimum atomic E-state index is -1.78. The minimum absolute atomic E-state index is 0.00460. The number of aliphatic carboxylic acids is 2. The number of hydrogen-bond acceptors (Lipinski definition) is 15. The van der Waals surface area contributed by atoms with Crippen LogP contribution in [0.15, 0.2) is 0 Å². The fourth-order valence-electron chi connectivity index (χ4n) is 5.32. The number of likely N-dealkylation sites (tertiary alicyclic amines) is 1. The number of aliphatic hydroxyl groups is 3. The van der Waals surface area contributed by atoms with Gasteiger partial charge in [-0.2, -0.15) is 0 Å². The van der Waals surface area contributed by atoms with Crippen molar-refractivity contribution in [2.45, 2.75) is 88.2 Å². The maximum absolute atomic E-state index is 13.6. The highest BCUT2D eigenvalue weighted by molar-refractivity contribution is 5.98. The zero-order valence-corrected chi connectivity index (χ0v) is 31.7. The number of carbonyl (C=O) groups excluding carboxylic acids is 9. The van der Waals surface area contributed by atoms with Gasteiger partial charge in [0.05, 0.1) is 32.8 Å². The molecule has 1 saturated heterocycles. The van der Waals surface area contributed by atoms with Gasteiger partial charge in [-0.3, -0.25) is 52.7 Å². The highest BCUT2D eigenvalue weighted by atomic mass is 16.4. The van der Waals surface area contributed by atoms with Crippen molar-refractivity contribution >= 4 is 65.1 Å². The Labute approximate surface area is 330 Å². The lowest BCUT2D eigenvalue weighted by atomic mass is 10.0. The molecule has 1 aliphatic heterocycles. The molecule has 9 amide bonds. The lowest BCUT2D eigenvalue weighted by molar-refractivity contribution is -0.145. The molecule has 0 spiro atoms. The lowest BCUT2D eigenvalue weighted by Crippen LogP contribution is -2.60. The number of carbonyl (C=O) groups is 11. The second-order valence-corrected chi connectivity index (χ2v) is 13.3. The Hall–Kier alpha value is -5.99. The monoisotopic (exact) mass is 832 g/mol. The molecule has 0 aromatic heterocycles. The Kier molecular flexibility index (Phi) is 21.2. The van der Waals surface area contributed by atoms with E-state index in [-0.39, 0.29) is 19.4 Å². The van der Waals surface area contributed by atoms with Crippen LogP contribution < -0.4 is 48.7 Å². The van der Waals surface area contributed by atoms with Gasteiger partial charge >= 0.3 is 11.9 Å². The number of carboxylic acids is 2. The van der Waals surface area contributed by atoms with Crippen molar-refractivity contribution < 1.29 is 78.3 Å². The van der Waals surface area contributed by atoms with Gasteiger partial charge in [-0.05, 0) is 25.2 Å². The summed E-state index contributed by atoms with van der Waals surface area (Å²) < 4.78 is 0. The van der Waals surface area contributed by atoms with Gasteiger partial charge in [0.15, 0.2) is 0 Å². The van der Waals surface area contributed by atoms with Gasteiger partial charge in [0.1, 0.15) is 48.8 Å². The molecule has 1 fully saturated rings. The molecule has 1 aliphatic rings. The molecule has 26 heteroatoms. The van der Waals surface area contributed by atoms with Gasteiger partial charge in [-0.1, -0.05) is 13.8 Å². The number of nitrogens with two attached hydrogens (primary N) is 2. The number of nitrogens with one attached hydrogen (secondary N) is 7. The molecule has 0 radical (unpaired) electrons. The smallest absolute Gasteiger partial charge is 0.322 e. The lowest BCUT2D eigenvalue weighted by Gasteiger charge is -2.30. The predicted molar refractivity (Wildman–Crippen MR) is 193 cm³/mol. The van der Waals surface area contributed by atoms with Crippen molar-refractivity contribution in [1.82, 2.24) is 42.1 Å². The third-order valence-electron chi connectivity index (χ3n) is 8.41. The number of hydrogen-bond donors (Lipinski definition) is 14. The van der Waals surface area contributed by atoms with Crippen LogP contribution in [0.4, 0.5) is 0 Å². The molecule has 16 N–H and O–H groups in total. The van der Waals surface area contributed by atoms with Crippen molar-refractivity contribution in [2.24, 2.45) is 17.4 Å². The average Bonchev–Trinajstić information content (AvgIpc) is 3.66. The van der Waals surface area contributed by atoms with Crippen LogP contribution >= 0.6 is 0 Å².